The van der Waals surface area contributed by atoms with Crippen LogP contribution in [-0.4, -0.2) is 62.6 Å². The summed E-state index contributed by atoms with van der Waals surface area (Å²) in [5.74, 6) is -0.940. The number of sulfonamides is 1. The Bertz CT molecular complexity index is 1230. The highest BCUT2D eigenvalue weighted by Crippen LogP contribution is 2.34. The number of hydrogen-bond donors (Lipinski definition) is 1. The molecular weight excluding hydrogens is 500 g/mol. The summed E-state index contributed by atoms with van der Waals surface area (Å²) in [6.45, 7) is 5.41. The third-order valence-corrected chi connectivity index (χ3v) is 6.82. The molecule has 37 heavy (non-hydrogen) atoms. The third-order valence-electron chi connectivity index (χ3n) is 5.69. The normalized spacial score (nSPS) is 11.9. The molecule has 0 saturated heterocycles. The van der Waals surface area contributed by atoms with E-state index in [-0.39, 0.29) is 29.6 Å². The highest BCUT2D eigenvalue weighted by atomic mass is 32.2. The number of carbonyl (C=O) groups excluding carboxylic acids is 2. The van der Waals surface area contributed by atoms with Crippen LogP contribution in [0.4, 0.5) is 11.4 Å². The molecule has 0 bridgehead atoms. The average Bonchev–Trinajstić information content (AvgIpc) is 2.84. The summed E-state index contributed by atoms with van der Waals surface area (Å²) in [5, 5.41) is 14.2. The zero-order valence-corrected chi connectivity index (χ0v) is 22.6. The number of ether oxygens (including phenoxy) is 1. The van der Waals surface area contributed by atoms with Crippen molar-refractivity contribution in [1.29, 1.82) is 0 Å². The van der Waals surface area contributed by atoms with Gasteiger partial charge in [-0.3, -0.25) is 24.0 Å². The fourth-order valence-corrected chi connectivity index (χ4v) is 4.72. The highest BCUT2D eigenvalue weighted by molar-refractivity contribution is 7.92. The van der Waals surface area contributed by atoms with Gasteiger partial charge in [-0.15, -0.1) is 0 Å². The topological polar surface area (TPSA) is 139 Å². The van der Waals surface area contributed by atoms with Gasteiger partial charge in [0.2, 0.25) is 21.8 Å². The fraction of sp³-hybridized carbons (Fsp3) is 0.440. The van der Waals surface area contributed by atoms with Crippen molar-refractivity contribution in [3.05, 3.63) is 63.7 Å². The average molecular weight is 535 g/mol. The molecule has 11 nitrogen and oxygen atoms in total. The van der Waals surface area contributed by atoms with E-state index in [2.05, 4.69) is 5.32 Å². The van der Waals surface area contributed by atoms with Gasteiger partial charge in [0.25, 0.3) is 5.69 Å². The number of nitrogens with one attached hydrogen (secondary N) is 1. The molecule has 0 aliphatic heterocycles. The second-order valence-electron chi connectivity index (χ2n) is 8.61. The van der Waals surface area contributed by atoms with Gasteiger partial charge in [-0.05, 0) is 31.4 Å². The number of aryl methyl sites for hydroxylation is 1. The molecule has 0 radical (unpaired) electrons. The van der Waals surface area contributed by atoms with Crippen molar-refractivity contribution in [1.82, 2.24) is 10.2 Å². The van der Waals surface area contributed by atoms with E-state index in [1.807, 2.05) is 38.1 Å². The predicted octanol–water partition coefficient (Wildman–Crippen LogP) is 3.01. The molecule has 2 rings (SSSR count). The molecule has 12 heteroatoms. The van der Waals surface area contributed by atoms with E-state index < -0.39 is 33.4 Å². The standard InChI is InChI=1S/C25H34N4O7S/c1-6-13-26-25(31)21(7-2)27(16-19-10-8-9-18(3)14-19)24(30)17-28(37(5,34)35)22-15-20(29(32)33)11-12-23(22)36-4/h8-12,14-15,21H,6-7,13,16-17H2,1-5H3,(H,26,31)/t21-/m0/s1. The van der Waals surface area contributed by atoms with Crippen LogP contribution >= 0.6 is 0 Å². The number of nitro benzene ring substituents is 1. The number of rotatable bonds is 13. The summed E-state index contributed by atoms with van der Waals surface area (Å²) in [5.41, 5.74) is 1.23. The number of non-ortho nitro benzene ring substituents is 1. The van der Waals surface area contributed by atoms with Crippen LogP contribution in [0.5, 0.6) is 5.75 Å². The number of anilines is 1. The van der Waals surface area contributed by atoms with Crippen LogP contribution in [0.2, 0.25) is 0 Å². The SMILES string of the molecule is CCCNC(=O)[C@H](CC)N(Cc1cccc(C)c1)C(=O)CN(c1cc([N+](=O)[O-])ccc1OC)S(C)(=O)=O. The first-order chi connectivity index (χ1) is 17.4. The van der Waals surface area contributed by atoms with Crippen molar-refractivity contribution in [3.63, 3.8) is 0 Å². The van der Waals surface area contributed by atoms with Gasteiger partial charge in [-0.2, -0.15) is 0 Å². The zero-order chi connectivity index (χ0) is 27.8. The van der Waals surface area contributed by atoms with E-state index >= 15 is 0 Å². The molecule has 0 aromatic heterocycles. The second-order valence-corrected chi connectivity index (χ2v) is 10.5. The van der Waals surface area contributed by atoms with Crippen LogP contribution in [0.15, 0.2) is 42.5 Å². The molecule has 0 unspecified atom stereocenters. The summed E-state index contributed by atoms with van der Waals surface area (Å²) < 4.78 is 31.6. The minimum atomic E-state index is -4.09. The Morgan fingerprint density at radius 2 is 1.86 bits per heavy atom. The summed E-state index contributed by atoms with van der Waals surface area (Å²) in [6, 6.07) is 10.1. The lowest BCUT2D eigenvalue weighted by Gasteiger charge is -2.33. The Hall–Kier alpha value is -3.67. The maximum atomic E-state index is 13.7. The number of methoxy groups -OCH3 is 1. The number of nitrogens with zero attached hydrogens (tertiary/aromatic N) is 3. The molecule has 0 aliphatic rings. The van der Waals surface area contributed by atoms with Crippen molar-refractivity contribution in [2.45, 2.75) is 46.2 Å². The molecule has 0 saturated carbocycles. The van der Waals surface area contributed by atoms with Crippen molar-refractivity contribution in [2.75, 3.05) is 30.8 Å². The van der Waals surface area contributed by atoms with E-state index in [1.54, 1.807) is 6.92 Å². The quantitative estimate of drug-likeness (QED) is 0.308. The molecule has 2 amide bonds. The maximum Gasteiger partial charge on any atom is 0.271 e. The molecule has 2 aromatic rings. The molecule has 0 fully saturated rings. The van der Waals surface area contributed by atoms with Crippen LogP contribution in [0.1, 0.15) is 37.8 Å². The van der Waals surface area contributed by atoms with Gasteiger partial charge in [0.15, 0.2) is 0 Å². The van der Waals surface area contributed by atoms with E-state index in [9.17, 15) is 28.1 Å². The van der Waals surface area contributed by atoms with Gasteiger partial charge in [0.1, 0.15) is 24.0 Å². The maximum absolute atomic E-state index is 13.7. The summed E-state index contributed by atoms with van der Waals surface area (Å²) in [6.07, 6.45) is 1.91. The van der Waals surface area contributed by atoms with Crippen LogP contribution in [0.25, 0.3) is 0 Å². The first-order valence-electron chi connectivity index (χ1n) is 11.9. The molecule has 0 aliphatic carbocycles. The van der Waals surface area contributed by atoms with Crippen LogP contribution in [0.3, 0.4) is 0 Å². The van der Waals surface area contributed by atoms with Gasteiger partial charge in [-0.25, -0.2) is 8.42 Å². The van der Waals surface area contributed by atoms with Gasteiger partial charge in [0.05, 0.1) is 18.3 Å². The Kier molecular flexibility index (Phi) is 10.4. The van der Waals surface area contributed by atoms with E-state index in [4.69, 9.17) is 4.74 Å². The zero-order valence-electron chi connectivity index (χ0n) is 21.8. The van der Waals surface area contributed by atoms with Crippen molar-refractivity contribution in [2.24, 2.45) is 0 Å². The first-order valence-corrected chi connectivity index (χ1v) is 13.7. The van der Waals surface area contributed by atoms with E-state index in [0.717, 1.165) is 27.8 Å². The molecule has 1 atom stereocenters. The minimum absolute atomic E-state index is 0.0433. The Morgan fingerprint density at radius 3 is 2.41 bits per heavy atom. The van der Waals surface area contributed by atoms with Gasteiger partial charge in [0, 0.05) is 25.2 Å². The van der Waals surface area contributed by atoms with Gasteiger partial charge >= 0.3 is 0 Å². The lowest BCUT2D eigenvalue weighted by molar-refractivity contribution is -0.384. The lowest BCUT2D eigenvalue weighted by Crippen LogP contribution is -2.52. The molecule has 202 valence electrons. The summed E-state index contributed by atoms with van der Waals surface area (Å²) in [4.78, 5) is 38.7. The van der Waals surface area contributed by atoms with E-state index in [0.29, 0.717) is 19.4 Å². The van der Waals surface area contributed by atoms with Crippen molar-refractivity contribution >= 4 is 33.2 Å². The molecular formula is C25H34N4O7S. The number of benzene rings is 2. The summed E-state index contributed by atoms with van der Waals surface area (Å²) in [7, 11) is -2.79. The Morgan fingerprint density at radius 1 is 1.16 bits per heavy atom. The minimum Gasteiger partial charge on any atom is -0.495 e. The Balaban J connectivity index is 2.55. The fourth-order valence-electron chi connectivity index (χ4n) is 3.87. The largest absolute Gasteiger partial charge is 0.495 e. The number of nitro groups is 1. The van der Waals surface area contributed by atoms with Crippen LogP contribution in [0, 0.1) is 17.0 Å². The molecule has 0 spiro atoms. The van der Waals surface area contributed by atoms with E-state index in [1.165, 1.54) is 24.1 Å². The molecule has 0 heterocycles. The molecule has 2 aromatic carbocycles. The number of hydrogen-bond acceptors (Lipinski definition) is 7. The lowest BCUT2D eigenvalue weighted by atomic mass is 10.1. The van der Waals surface area contributed by atoms with Gasteiger partial charge in [-0.1, -0.05) is 43.7 Å². The van der Waals surface area contributed by atoms with Crippen molar-refractivity contribution < 1.29 is 27.7 Å². The Labute approximate surface area is 217 Å². The smallest absolute Gasteiger partial charge is 0.271 e. The van der Waals surface area contributed by atoms with Crippen LogP contribution < -0.4 is 14.4 Å². The number of carbonyl (C=O) groups is 2. The van der Waals surface area contributed by atoms with Crippen LogP contribution in [-0.2, 0) is 26.2 Å². The second kappa shape index (κ2) is 13.0. The monoisotopic (exact) mass is 534 g/mol. The first kappa shape index (κ1) is 29.6. The predicted molar refractivity (Wildman–Crippen MR) is 141 cm³/mol. The highest BCUT2D eigenvalue weighted by Gasteiger charge is 2.33. The molecule has 1 N–H and O–H groups in total. The van der Waals surface area contributed by atoms with Crippen molar-refractivity contribution in [3.8, 4) is 5.75 Å². The summed E-state index contributed by atoms with van der Waals surface area (Å²) >= 11 is 0. The van der Waals surface area contributed by atoms with Gasteiger partial charge < -0.3 is 15.0 Å². The number of amides is 2. The third kappa shape index (κ3) is 7.91.